The van der Waals surface area contributed by atoms with Crippen molar-refractivity contribution in [2.24, 2.45) is 0 Å². The Hall–Kier alpha value is -3.45. The van der Waals surface area contributed by atoms with Gasteiger partial charge in [0.1, 0.15) is 11.6 Å². The molecule has 3 aromatic rings. The van der Waals surface area contributed by atoms with E-state index in [9.17, 15) is 14.3 Å². The number of nitrogens with one attached hydrogen (secondary N) is 1. The van der Waals surface area contributed by atoms with Crippen LogP contribution in [-0.4, -0.2) is 41.7 Å². The second-order valence-electron chi connectivity index (χ2n) is 7.30. The van der Waals surface area contributed by atoms with Crippen molar-refractivity contribution in [2.75, 3.05) is 26.0 Å². The number of pyridine rings is 1. The molecule has 0 radical (unpaired) electrons. The molecule has 0 spiro atoms. The average molecular weight is 407 g/mol. The minimum Gasteiger partial charge on any atom is -0.497 e. The van der Waals surface area contributed by atoms with Gasteiger partial charge in [-0.15, -0.1) is 0 Å². The Morgan fingerprint density at radius 3 is 2.87 bits per heavy atom. The predicted octanol–water partition coefficient (Wildman–Crippen LogP) is 4.19. The van der Waals surface area contributed by atoms with Crippen molar-refractivity contribution < 1.29 is 19.0 Å². The highest BCUT2D eigenvalue weighted by molar-refractivity contribution is 5.93. The van der Waals surface area contributed by atoms with Crippen LogP contribution in [0.3, 0.4) is 0 Å². The van der Waals surface area contributed by atoms with Gasteiger partial charge in [0.2, 0.25) is 0 Å². The van der Waals surface area contributed by atoms with Crippen molar-refractivity contribution in [3.8, 4) is 16.9 Å². The molecule has 4 rings (SSSR count). The molecule has 1 atom stereocenters. The lowest BCUT2D eigenvalue weighted by Crippen LogP contribution is -2.24. The summed E-state index contributed by atoms with van der Waals surface area (Å²) in [5.74, 6) is -0.831. The summed E-state index contributed by atoms with van der Waals surface area (Å²) in [6, 6.07) is 12.4. The number of fused-ring (bicyclic) bond motifs is 1. The molecule has 6 nitrogen and oxygen atoms in total. The van der Waals surface area contributed by atoms with Gasteiger partial charge < -0.3 is 15.2 Å². The first-order valence-corrected chi connectivity index (χ1v) is 9.56. The minimum absolute atomic E-state index is 0.0663. The van der Waals surface area contributed by atoms with Crippen LogP contribution < -0.4 is 10.1 Å². The van der Waals surface area contributed by atoms with E-state index in [1.165, 1.54) is 31.6 Å². The number of halogens is 1. The maximum absolute atomic E-state index is 14.5. The molecule has 2 aromatic carbocycles. The number of aromatic carboxylic acids is 1. The lowest BCUT2D eigenvalue weighted by molar-refractivity contribution is 0.0697. The fourth-order valence-electron chi connectivity index (χ4n) is 3.90. The van der Waals surface area contributed by atoms with Gasteiger partial charge in [-0.25, -0.2) is 9.18 Å². The van der Waals surface area contributed by atoms with E-state index in [0.717, 1.165) is 23.2 Å². The number of benzene rings is 2. The van der Waals surface area contributed by atoms with Crippen LogP contribution in [0.2, 0.25) is 0 Å². The zero-order valence-electron chi connectivity index (χ0n) is 16.7. The number of nitrogens with zero attached hydrogens (tertiary/aromatic N) is 2. The van der Waals surface area contributed by atoms with Gasteiger partial charge in [-0.05, 0) is 48.0 Å². The van der Waals surface area contributed by atoms with E-state index in [1.54, 1.807) is 12.1 Å². The third-order valence-corrected chi connectivity index (χ3v) is 5.48. The zero-order valence-corrected chi connectivity index (χ0v) is 16.7. The summed E-state index contributed by atoms with van der Waals surface area (Å²) in [6.45, 7) is 1.26. The Morgan fingerprint density at radius 2 is 2.13 bits per heavy atom. The minimum atomic E-state index is -0.994. The zero-order chi connectivity index (χ0) is 21.3. The summed E-state index contributed by atoms with van der Waals surface area (Å²) in [5.41, 5.74) is 4.30. The van der Waals surface area contributed by atoms with Gasteiger partial charge >= 0.3 is 5.97 Å². The average Bonchev–Trinajstić information content (AvgIpc) is 3.06. The normalized spacial score (nSPS) is 15.6. The van der Waals surface area contributed by atoms with E-state index in [-0.39, 0.29) is 17.4 Å². The molecule has 30 heavy (non-hydrogen) atoms. The molecule has 0 unspecified atom stereocenters. The van der Waals surface area contributed by atoms with Gasteiger partial charge in [0.15, 0.2) is 0 Å². The summed E-state index contributed by atoms with van der Waals surface area (Å²) in [5, 5.41) is 12.6. The van der Waals surface area contributed by atoms with E-state index >= 15 is 0 Å². The summed E-state index contributed by atoms with van der Waals surface area (Å²) in [7, 11) is 3.53. The van der Waals surface area contributed by atoms with Gasteiger partial charge in [-0.1, -0.05) is 12.1 Å². The maximum atomic E-state index is 14.5. The number of carboxylic acid groups (broad SMARTS) is 1. The number of hydrogen-bond donors (Lipinski definition) is 2. The van der Waals surface area contributed by atoms with Crippen molar-refractivity contribution in [3.63, 3.8) is 0 Å². The molecule has 0 fully saturated rings. The maximum Gasteiger partial charge on any atom is 0.337 e. The van der Waals surface area contributed by atoms with Crippen molar-refractivity contribution >= 4 is 11.7 Å². The van der Waals surface area contributed by atoms with E-state index in [4.69, 9.17) is 4.74 Å². The lowest BCUT2D eigenvalue weighted by Gasteiger charge is -2.22. The van der Waals surface area contributed by atoms with Crippen LogP contribution in [0.15, 0.2) is 54.9 Å². The third-order valence-electron chi connectivity index (χ3n) is 5.48. The molecule has 0 bridgehead atoms. The smallest absolute Gasteiger partial charge is 0.337 e. The van der Waals surface area contributed by atoms with Crippen LogP contribution in [0.1, 0.15) is 27.5 Å². The molecule has 1 aliphatic rings. The van der Waals surface area contributed by atoms with Gasteiger partial charge in [0, 0.05) is 30.9 Å². The van der Waals surface area contributed by atoms with Crippen molar-refractivity contribution in [2.45, 2.75) is 12.6 Å². The number of aromatic nitrogens is 1. The molecule has 2 heterocycles. The molecule has 0 aliphatic carbocycles. The fourth-order valence-corrected chi connectivity index (χ4v) is 3.90. The Kier molecular flexibility index (Phi) is 5.37. The highest BCUT2D eigenvalue weighted by Gasteiger charge is 2.28. The number of ether oxygens (including phenoxy) is 1. The first kappa shape index (κ1) is 19.8. The van der Waals surface area contributed by atoms with Crippen molar-refractivity contribution in [1.82, 2.24) is 9.88 Å². The highest BCUT2D eigenvalue weighted by atomic mass is 19.1. The Balaban J connectivity index is 1.57. The van der Waals surface area contributed by atoms with E-state index < -0.39 is 5.97 Å². The molecule has 1 aliphatic heterocycles. The summed E-state index contributed by atoms with van der Waals surface area (Å²) < 4.78 is 19.6. The summed E-state index contributed by atoms with van der Waals surface area (Å²) in [6.07, 6.45) is 2.99. The monoisotopic (exact) mass is 407 g/mol. The lowest BCUT2D eigenvalue weighted by atomic mass is 9.97. The molecule has 0 saturated heterocycles. The molecule has 0 saturated carbocycles. The van der Waals surface area contributed by atoms with Gasteiger partial charge in [-0.3, -0.25) is 9.88 Å². The number of likely N-dealkylation sites (N-methyl/N-ethyl adjacent to an activating group) is 1. The van der Waals surface area contributed by atoms with E-state index in [1.807, 2.05) is 25.2 Å². The Morgan fingerprint density at radius 1 is 1.30 bits per heavy atom. The van der Waals surface area contributed by atoms with Crippen LogP contribution in [0.25, 0.3) is 11.1 Å². The molecule has 2 N–H and O–H groups in total. The van der Waals surface area contributed by atoms with Crippen LogP contribution in [0.5, 0.6) is 5.75 Å². The molecular weight excluding hydrogens is 385 g/mol. The number of rotatable bonds is 6. The van der Waals surface area contributed by atoms with E-state index in [0.29, 0.717) is 23.5 Å². The SMILES string of the molecule is COc1ccc(-c2ccc3c(c2)CN(C)[C@@H]3CNc2cnccc2C(=O)O)c(F)c1. The largest absolute Gasteiger partial charge is 0.497 e. The van der Waals surface area contributed by atoms with Crippen LogP contribution in [0.4, 0.5) is 10.1 Å². The first-order valence-electron chi connectivity index (χ1n) is 9.56. The molecule has 7 heteroatoms. The van der Waals surface area contributed by atoms with Gasteiger partial charge in [0.05, 0.1) is 30.6 Å². The second kappa shape index (κ2) is 8.12. The van der Waals surface area contributed by atoms with Crippen LogP contribution in [0, 0.1) is 5.82 Å². The fraction of sp³-hybridized carbons (Fsp3) is 0.217. The van der Waals surface area contributed by atoms with Gasteiger partial charge in [0.25, 0.3) is 0 Å². The predicted molar refractivity (Wildman–Crippen MR) is 112 cm³/mol. The summed E-state index contributed by atoms with van der Waals surface area (Å²) >= 11 is 0. The Bertz CT molecular complexity index is 1100. The quantitative estimate of drug-likeness (QED) is 0.638. The first-order chi connectivity index (χ1) is 14.5. The number of anilines is 1. The molecule has 0 amide bonds. The second-order valence-corrected chi connectivity index (χ2v) is 7.30. The van der Waals surface area contributed by atoms with Crippen molar-refractivity contribution in [1.29, 1.82) is 0 Å². The van der Waals surface area contributed by atoms with Gasteiger partial charge in [-0.2, -0.15) is 0 Å². The Labute approximate surface area is 173 Å². The highest BCUT2D eigenvalue weighted by Crippen LogP contribution is 2.36. The molecular formula is C23H22FN3O3. The number of carboxylic acids is 1. The standard InChI is InChI=1S/C23H22FN3O3/c1-27-13-15-9-14(17-6-4-16(30-2)10-20(17)24)3-5-18(15)22(27)12-26-21-11-25-8-7-19(21)23(28)29/h3-11,22,26H,12-13H2,1-2H3,(H,28,29)/t22-/m1/s1. The van der Waals surface area contributed by atoms with Crippen LogP contribution >= 0.6 is 0 Å². The number of hydrogen-bond acceptors (Lipinski definition) is 5. The van der Waals surface area contributed by atoms with Crippen LogP contribution in [-0.2, 0) is 6.54 Å². The topological polar surface area (TPSA) is 74.7 Å². The number of methoxy groups -OCH3 is 1. The van der Waals surface area contributed by atoms with E-state index in [2.05, 4.69) is 15.2 Å². The van der Waals surface area contributed by atoms with Crippen molar-refractivity contribution in [3.05, 3.63) is 77.4 Å². The number of carbonyl (C=O) groups is 1. The summed E-state index contributed by atoms with van der Waals surface area (Å²) in [4.78, 5) is 17.6. The molecule has 1 aromatic heterocycles. The third kappa shape index (κ3) is 3.71. The molecule has 154 valence electrons.